The monoisotopic (exact) mass is 201 g/mol. The van der Waals surface area contributed by atoms with E-state index in [2.05, 4.69) is 19.2 Å². The first-order valence-electron chi connectivity index (χ1n) is 5.26. The maximum Gasteiger partial charge on any atom is 0.277 e. The lowest BCUT2D eigenvalue weighted by molar-refractivity contribution is -0.928. The molecule has 1 amide bonds. The van der Waals surface area contributed by atoms with Crippen molar-refractivity contribution < 1.29 is 14.4 Å². The molecule has 2 N–H and O–H groups in total. The summed E-state index contributed by atoms with van der Waals surface area (Å²) in [6.45, 7) is 7.93. The van der Waals surface area contributed by atoms with Crippen LogP contribution in [0.15, 0.2) is 0 Å². The van der Waals surface area contributed by atoms with Crippen LogP contribution in [-0.2, 0) is 9.53 Å². The molecule has 1 aliphatic heterocycles. The van der Waals surface area contributed by atoms with Crippen molar-refractivity contribution in [3.63, 3.8) is 0 Å². The smallest absolute Gasteiger partial charge is 0.277 e. The average Bonchev–Trinajstić information content (AvgIpc) is 2.14. The molecule has 1 rings (SSSR count). The second-order valence-corrected chi connectivity index (χ2v) is 4.16. The molecule has 4 nitrogen and oxygen atoms in total. The molecule has 1 fully saturated rings. The van der Waals surface area contributed by atoms with Crippen LogP contribution in [0.5, 0.6) is 0 Å². The van der Waals surface area contributed by atoms with Gasteiger partial charge in [0, 0.05) is 7.05 Å². The van der Waals surface area contributed by atoms with E-state index < -0.39 is 0 Å². The molecule has 1 saturated heterocycles. The molecule has 0 aromatic heterocycles. The zero-order valence-electron chi connectivity index (χ0n) is 9.46. The van der Waals surface area contributed by atoms with Crippen molar-refractivity contribution in [2.45, 2.75) is 39.0 Å². The van der Waals surface area contributed by atoms with Crippen molar-refractivity contribution in [3.05, 3.63) is 0 Å². The third-order valence-corrected chi connectivity index (χ3v) is 2.82. The summed E-state index contributed by atoms with van der Waals surface area (Å²) >= 11 is 0. The first kappa shape index (κ1) is 11.5. The SMILES string of the molecule is CNC(=O)[C@H](C)[NH+]1C[C@@H](C)O[C@H](C)C1. The first-order chi connectivity index (χ1) is 6.54. The molecule has 14 heavy (non-hydrogen) atoms. The van der Waals surface area contributed by atoms with Crippen LogP contribution in [0.25, 0.3) is 0 Å². The van der Waals surface area contributed by atoms with Crippen molar-refractivity contribution in [3.8, 4) is 0 Å². The summed E-state index contributed by atoms with van der Waals surface area (Å²) in [6.07, 6.45) is 0.502. The van der Waals surface area contributed by atoms with Crippen LogP contribution in [0.3, 0.4) is 0 Å². The number of hydrogen-bond donors (Lipinski definition) is 2. The number of hydrogen-bond acceptors (Lipinski definition) is 2. The summed E-state index contributed by atoms with van der Waals surface area (Å²) in [4.78, 5) is 12.8. The number of amides is 1. The normalized spacial score (nSPS) is 35.0. The van der Waals surface area contributed by atoms with Gasteiger partial charge >= 0.3 is 0 Å². The maximum absolute atomic E-state index is 11.5. The summed E-state index contributed by atoms with van der Waals surface area (Å²) in [5.74, 6) is 0.112. The van der Waals surface area contributed by atoms with Gasteiger partial charge in [0.1, 0.15) is 25.3 Å². The molecule has 1 aliphatic rings. The van der Waals surface area contributed by atoms with Gasteiger partial charge in [-0.3, -0.25) is 4.79 Å². The minimum atomic E-state index is 0.0220. The van der Waals surface area contributed by atoms with Crippen molar-refractivity contribution in [2.75, 3.05) is 20.1 Å². The molecular weight excluding hydrogens is 180 g/mol. The third-order valence-electron chi connectivity index (χ3n) is 2.82. The third kappa shape index (κ3) is 2.69. The Labute approximate surface area is 85.6 Å². The number of carbonyl (C=O) groups is 1. The van der Waals surface area contributed by atoms with Gasteiger partial charge in [0.15, 0.2) is 6.04 Å². The van der Waals surface area contributed by atoms with Crippen LogP contribution < -0.4 is 10.2 Å². The van der Waals surface area contributed by atoms with E-state index in [0.29, 0.717) is 0 Å². The molecular formula is C10H21N2O2+. The Kier molecular flexibility index (Phi) is 3.89. The highest BCUT2D eigenvalue weighted by atomic mass is 16.5. The Bertz CT molecular complexity index is 198. The fourth-order valence-corrected chi connectivity index (χ4v) is 2.07. The molecule has 0 saturated carbocycles. The summed E-state index contributed by atoms with van der Waals surface area (Å²) in [5.41, 5.74) is 0. The number of quaternary nitrogens is 1. The second kappa shape index (κ2) is 4.75. The maximum atomic E-state index is 11.5. The van der Waals surface area contributed by atoms with E-state index in [1.54, 1.807) is 7.05 Å². The highest BCUT2D eigenvalue weighted by molar-refractivity contribution is 5.79. The molecule has 0 radical (unpaired) electrons. The Morgan fingerprint density at radius 1 is 1.43 bits per heavy atom. The molecule has 4 heteroatoms. The Morgan fingerprint density at radius 2 is 1.93 bits per heavy atom. The highest BCUT2D eigenvalue weighted by Crippen LogP contribution is 1.99. The molecule has 0 unspecified atom stereocenters. The predicted octanol–water partition coefficient (Wildman–Crippen LogP) is -1.19. The minimum absolute atomic E-state index is 0.0220. The van der Waals surface area contributed by atoms with Crippen LogP contribution in [0.1, 0.15) is 20.8 Å². The standard InChI is InChI=1S/C10H20N2O2/c1-7-5-12(6-8(2)14-7)9(3)10(13)11-4/h7-9H,5-6H2,1-4H3,(H,11,13)/p+1/t7-,8-,9+/m1/s1. The van der Waals surface area contributed by atoms with E-state index in [0.717, 1.165) is 13.1 Å². The molecule has 3 atom stereocenters. The molecule has 1 heterocycles. The van der Waals surface area contributed by atoms with Gasteiger partial charge in [0.25, 0.3) is 5.91 Å². The van der Waals surface area contributed by atoms with E-state index in [1.165, 1.54) is 4.90 Å². The summed E-state index contributed by atoms with van der Waals surface area (Å²) < 4.78 is 5.63. The van der Waals surface area contributed by atoms with Gasteiger partial charge in [-0.25, -0.2) is 0 Å². The van der Waals surface area contributed by atoms with Crippen molar-refractivity contribution in [1.82, 2.24) is 5.32 Å². The largest absolute Gasteiger partial charge is 0.364 e. The molecule has 0 spiro atoms. The molecule has 0 aromatic carbocycles. The van der Waals surface area contributed by atoms with Crippen LogP contribution in [-0.4, -0.2) is 44.3 Å². The number of nitrogens with one attached hydrogen (secondary N) is 2. The van der Waals surface area contributed by atoms with Crippen LogP contribution >= 0.6 is 0 Å². The predicted molar refractivity (Wildman–Crippen MR) is 54.2 cm³/mol. The zero-order chi connectivity index (χ0) is 10.7. The fraction of sp³-hybridized carbons (Fsp3) is 0.900. The molecule has 82 valence electrons. The van der Waals surface area contributed by atoms with Crippen LogP contribution in [0, 0.1) is 0 Å². The summed E-state index contributed by atoms with van der Waals surface area (Å²) in [6, 6.07) is 0.0220. The van der Waals surface area contributed by atoms with Crippen molar-refractivity contribution in [1.29, 1.82) is 0 Å². The van der Waals surface area contributed by atoms with Gasteiger partial charge in [0.2, 0.25) is 0 Å². The van der Waals surface area contributed by atoms with Gasteiger partial charge in [0.05, 0.1) is 0 Å². The lowest BCUT2D eigenvalue weighted by Gasteiger charge is -2.35. The minimum Gasteiger partial charge on any atom is -0.364 e. The lowest BCUT2D eigenvalue weighted by Crippen LogP contribution is -3.19. The van der Waals surface area contributed by atoms with E-state index in [-0.39, 0.29) is 24.2 Å². The zero-order valence-corrected chi connectivity index (χ0v) is 9.46. The van der Waals surface area contributed by atoms with E-state index in [9.17, 15) is 4.79 Å². The average molecular weight is 201 g/mol. The highest BCUT2D eigenvalue weighted by Gasteiger charge is 2.32. The quantitative estimate of drug-likeness (QED) is 0.590. The van der Waals surface area contributed by atoms with Crippen molar-refractivity contribution in [2.24, 2.45) is 0 Å². The van der Waals surface area contributed by atoms with E-state index in [1.807, 2.05) is 6.92 Å². The van der Waals surface area contributed by atoms with Crippen LogP contribution in [0.2, 0.25) is 0 Å². The van der Waals surface area contributed by atoms with Gasteiger partial charge in [-0.05, 0) is 20.8 Å². The van der Waals surface area contributed by atoms with E-state index >= 15 is 0 Å². The van der Waals surface area contributed by atoms with Gasteiger partial charge in [-0.2, -0.15) is 0 Å². The Balaban J connectivity index is 2.54. The summed E-state index contributed by atoms with van der Waals surface area (Å²) in [7, 11) is 1.69. The number of likely N-dealkylation sites (N-methyl/N-ethyl adjacent to an activating group) is 1. The van der Waals surface area contributed by atoms with Gasteiger partial charge in [-0.15, -0.1) is 0 Å². The van der Waals surface area contributed by atoms with Gasteiger partial charge < -0.3 is 15.0 Å². The van der Waals surface area contributed by atoms with Crippen molar-refractivity contribution >= 4 is 5.91 Å². The Morgan fingerprint density at radius 3 is 2.36 bits per heavy atom. The number of ether oxygens (including phenoxy) is 1. The van der Waals surface area contributed by atoms with E-state index in [4.69, 9.17) is 4.74 Å². The van der Waals surface area contributed by atoms with Gasteiger partial charge in [-0.1, -0.05) is 0 Å². The van der Waals surface area contributed by atoms with Crippen LogP contribution in [0.4, 0.5) is 0 Å². The number of rotatable bonds is 2. The number of carbonyl (C=O) groups excluding carboxylic acids is 1. The topological polar surface area (TPSA) is 42.8 Å². The molecule has 0 aliphatic carbocycles. The fourth-order valence-electron chi connectivity index (χ4n) is 2.07. The second-order valence-electron chi connectivity index (χ2n) is 4.16. The Hall–Kier alpha value is -0.610. The molecule has 0 bridgehead atoms. The molecule has 0 aromatic rings. The first-order valence-corrected chi connectivity index (χ1v) is 5.26. The number of morpholine rings is 1. The summed E-state index contributed by atoms with van der Waals surface area (Å²) in [5, 5.41) is 2.69. The lowest BCUT2D eigenvalue weighted by atomic mass is 10.1.